The van der Waals surface area contributed by atoms with Crippen molar-refractivity contribution in [2.45, 2.75) is 25.9 Å². The van der Waals surface area contributed by atoms with E-state index in [1.54, 1.807) is 14.2 Å². The first-order valence-electron chi connectivity index (χ1n) is 14.8. The van der Waals surface area contributed by atoms with E-state index in [9.17, 15) is 0 Å². The minimum absolute atomic E-state index is 0.0504. The van der Waals surface area contributed by atoms with Crippen molar-refractivity contribution in [1.82, 2.24) is 0 Å². The van der Waals surface area contributed by atoms with Crippen molar-refractivity contribution in [3.05, 3.63) is 132 Å². The van der Waals surface area contributed by atoms with Gasteiger partial charge in [-0.05, 0) is 82.9 Å². The monoisotopic (exact) mass is 599 g/mol. The quantitative estimate of drug-likeness (QED) is 0.182. The number of nitrogens with zero attached hydrogens (tertiary/aromatic N) is 1. The Kier molecular flexibility index (Phi) is 7.51. The molecule has 0 saturated heterocycles. The number of fused-ring (bicyclic) bond motifs is 7. The largest absolute Gasteiger partial charge is 0.497 e. The highest BCUT2D eigenvalue weighted by Crippen LogP contribution is 2.47. The van der Waals surface area contributed by atoms with Gasteiger partial charge in [0.05, 0.1) is 20.3 Å². The van der Waals surface area contributed by atoms with Crippen LogP contribution < -0.4 is 14.1 Å². The van der Waals surface area contributed by atoms with E-state index in [1.165, 1.54) is 0 Å². The lowest BCUT2D eigenvalue weighted by atomic mass is 9.97. The zero-order valence-corrected chi connectivity index (χ0v) is 26.1. The van der Waals surface area contributed by atoms with Crippen molar-refractivity contribution < 1.29 is 17.9 Å². The Balaban J connectivity index is 1.59. The van der Waals surface area contributed by atoms with Crippen LogP contribution in [0.1, 0.15) is 31.0 Å². The van der Waals surface area contributed by atoms with Gasteiger partial charge in [0.15, 0.2) is 0 Å². The highest BCUT2D eigenvalue weighted by Gasteiger charge is 2.31. The van der Waals surface area contributed by atoms with Gasteiger partial charge in [-0.2, -0.15) is 4.67 Å². The number of hydrogen-bond donors (Lipinski definition) is 0. The fraction of sp³-hybridized carbons (Fsp3) is 0.158. The van der Waals surface area contributed by atoms with Crippen molar-refractivity contribution in [2.75, 3.05) is 18.9 Å². The minimum atomic E-state index is -1.65. The Hall–Kier alpha value is -4.70. The molecule has 0 aliphatic heterocycles. The van der Waals surface area contributed by atoms with E-state index in [0.29, 0.717) is 0 Å². The number of methoxy groups -OCH3 is 2. The molecule has 0 amide bonds. The molecular weight excluding hydrogens is 565 g/mol. The normalized spacial score (nSPS) is 11.8. The Bertz CT molecular complexity index is 2020. The van der Waals surface area contributed by atoms with Gasteiger partial charge in [-0.3, -0.25) is 0 Å². The van der Waals surface area contributed by atoms with E-state index in [0.717, 1.165) is 66.1 Å². The first-order chi connectivity index (χ1) is 21.6. The number of rotatable bonds is 7. The second-order valence-corrected chi connectivity index (χ2v) is 12.5. The second-order valence-electron chi connectivity index (χ2n) is 11.2. The van der Waals surface area contributed by atoms with Crippen LogP contribution in [0.3, 0.4) is 0 Å². The van der Waals surface area contributed by atoms with Crippen LogP contribution >= 0.6 is 8.16 Å². The molecule has 6 aromatic carbocycles. The summed E-state index contributed by atoms with van der Waals surface area (Å²) in [5.41, 5.74) is 3.77. The van der Waals surface area contributed by atoms with Crippen molar-refractivity contribution in [3.8, 4) is 11.5 Å². The van der Waals surface area contributed by atoms with Crippen LogP contribution in [0.5, 0.6) is 11.5 Å². The van der Waals surface area contributed by atoms with Gasteiger partial charge in [0, 0.05) is 16.8 Å². The van der Waals surface area contributed by atoms with Gasteiger partial charge in [0.1, 0.15) is 22.7 Å². The summed E-state index contributed by atoms with van der Waals surface area (Å²) in [6.07, 6.45) is 0. The molecule has 7 aromatic rings. The van der Waals surface area contributed by atoms with Crippen molar-refractivity contribution >= 4 is 51.6 Å². The van der Waals surface area contributed by atoms with Crippen molar-refractivity contribution in [3.63, 3.8) is 0 Å². The summed E-state index contributed by atoms with van der Waals surface area (Å²) in [4.78, 5) is 0. The lowest BCUT2D eigenvalue weighted by Crippen LogP contribution is -2.33. The molecule has 0 saturated carbocycles. The van der Waals surface area contributed by atoms with Crippen LogP contribution in [-0.4, -0.2) is 20.3 Å². The molecule has 5 nitrogen and oxygen atoms in total. The summed E-state index contributed by atoms with van der Waals surface area (Å²) in [6, 6.07) is 41.7. The van der Waals surface area contributed by atoms with E-state index in [-0.39, 0.29) is 12.1 Å². The maximum absolute atomic E-state index is 7.06. The Morgan fingerprint density at radius 3 is 1.50 bits per heavy atom. The molecule has 0 aliphatic rings. The van der Waals surface area contributed by atoms with Crippen molar-refractivity contribution in [2.24, 2.45) is 0 Å². The highest BCUT2D eigenvalue weighted by molar-refractivity contribution is 7.39. The van der Waals surface area contributed by atoms with Crippen LogP contribution in [0.2, 0.25) is 0 Å². The average molecular weight is 600 g/mol. The lowest BCUT2D eigenvalue weighted by Gasteiger charge is -2.32. The third-order valence-corrected chi connectivity index (χ3v) is 9.96. The van der Waals surface area contributed by atoms with Gasteiger partial charge >= 0.3 is 8.16 Å². The molecule has 7 rings (SSSR count). The molecule has 0 atom stereocenters. The highest BCUT2D eigenvalue weighted by atomic mass is 31.1. The lowest BCUT2D eigenvalue weighted by molar-refractivity contribution is 0.413. The van der Waals surface area contributed by atoms with Crippen LogP contribution in [0.25, 0.3) is 43.5 Å². The molecule has 0 spiro atoms. The van der Waals surface area contributed by atoms with Crippen LogP contribution in [0, 0.1) is 0 Å². The van der Waals surface area contributed by atoms with E-state index in [4.69, 9.17) is 17.9 Å². The summed E-state index contributed by atoms with van der Waals surface area (Å²) in [6.45, 7) is 4.38. The first-order valence-corrected chi connectivity index (χ1v) is 15.9. The van der Waals surface area contributed by atoms with E-state index in [1.807, 2.05) is 24.3 Å². The molecule has 44 heavy (non-hydrogen) atoms. The minimum Gasteiger partial charge on any atom is -0.497 e. The van der Waals surface area contributed by atoms with Gasteiger partial charge in [-0.1, -0.05) is 84.9 Å². The molecular formula is C38H34NO4P. The first kappa shape index (κ1) is 28.1. The number of ether oxygens (including phenoxy) is 2. The predicted molar refractivity (Wildman–Crippen MR) is 183 cm³/mol. The predicted octanol–water partition coefficient (Wildman–Crippen LogP) is 10.7. The van der Waals surface area contributed by atoms with Gasteiger partial charge in [0.25, 0.3) is 0 Å². The van der Waals surface area contributed by atoms with Crippen LogP contribution in [-0.2, 0) is 0 Å². The third kappa shape index (κ3) is 4.98. The molecule has 220 valence electrons. The van der Waals surface area contributed by atoms with Gasteiger partial charge < -0.3 is 17.9 Å². The summed E-state index contributed by atoms with van der Waals surface area (Å²) in [7, 11) is 1.75. The van der Waals surface area contributed by atoms with Crippen molar-refractivity contribution in [1.29, 1.82) is 0 Å². The summed E-state index contributed by atoms with van der Waals surface area (Å²) in [5.74, 6) is 1.59. The maximum Gasteiger partial charge on any atom is 0.310 e. The van der Waals surface area contributed by atoms with Crippen LogP contribution in [0.4, 0.5) is 0 Å². The van der Waals surface area contributed by atoms with E-state index in [2.05, 4.69) is 116 Å². The smallest absolute Gasteiger partial charge is 0.310 e. The Morgan fingerprint density at radius 2 is 1.05 bits per heavy atom. The molecule has 1 aromatic heterocycles. The summed E-state index contributed by atoms with van der Waals surface area (Å²) >= 11 is 0. The zero-order valence-electron chi connectivity index (χ0n) is 25.2. The fourth-order valence-corrected chi connectivity index (χ4v) is 7.85. The molecule has 0 N–H and O–H groups in total. The fourth-order valence-electron chi connectivity index (χ4n) is 6.15. The van der Waals surface area contributed by atoms with Gasteiger partial charge in [0.2, 0.25) is 0 Å². The van der Waals surface area contributed by atoms with E-state index >= 15 is 0 Å². The SMILES string of the molecule is COc1cccc(C(c2cccc(OC)c2)N(C(C)C)p2oc3ccc4ccccc4c3c3c(ccc4ccccc43)o2)c1. The third-order valence-electron chi connectivity index (χ3n) is 8.19. The molecule has 6 heteroatoms. The molecule has 0 bridgehead atoms. The summed E-state index contributed by atoms with van der Waals surface area (Å²) < 4.78 is 27.8. The molecule has 0 unspecified atom stereocenters. The molecule has 0 fully saturated rings. The maximum atomic E-state index is 7.06. The average Bonchev–Trinajstić information content (AvgIpc) is 3.24. The molecule has 0 radical (unpaired) electrons. The number of hydrogen-bond acceptors (Lipinski definition) is 5. The van der Waals surface area contributed by atoms with E-state index < -0.39 is 8.16 Å². The molecule has 1 heterocycles. The topological polar surface area (TPSA) is 48.0 Å². The molecule has 0 aliphatic carbocycles. The van der Waals surface area contributed by atoms with Gasteiger partial charge in [-0.15, -0.1) is 0 Å². The number of benzene rings is 6. The summed E-state index contributed by atoms with van der Waals surface area (Å²) in [5, 5.41) is 6.70. The Labute approximate surface area is 257 Å². The Morgan fingerprint density at radius 1 is 0.568 bits per heavy atom. The van der Waals surface area contributed by atoms with Crippen LogP contribution in [0.15, 0.2) is 130 Å². The van der Waals surface area contributed by atoms with Gasteiger partial charge in [-0.25, -0.2) is 0 Å². The second kappa shape index (κ2) is 11.8. The standard InChI is InChI=1S/C38H34NO4P/c1-25(2)39(38(28-13-9-15-30(23-28)40-3)29-14-10-16-31(24-29)41-4)44-42-34-21-19-26-11-5-7-17-32(26)36(34)37-33-18-8-6-12-27(33)20-22-35(37)43-44/h5-25,38H,1-4H3. The zero-order chi connectivity index (χ0) is 30.2.